The van der Waals surface area contributed by atoms with Gasteiger partial charge in [-0.25, -0.2) is 9.97 Å². The molecule has 0 bridgehead atoms. The Labute approximate surface area is 167 Å². The maximum atomic E-state index is 12.8. The second-order valence-corrected chi connectivity index (χ2v) is 6.77. The number of carbonyl (C=O) groups is 1. The molecule has 142 valence electrons. The van der Waals surface area contributed by atoms with Crippen molar-refractivity contribution in [3.05, 3.63) is 84.7 Å². The number of nitrogens with zero attached hydrogens (tertiary/aromatic N) is 4. The van der Waals surface area contributed by atoms with Gasteiger partial charge in [-0.05, 0) is 55.5 Å². The summed E-state index contributed by atoms with van der Waals surface area (Å²) in [6.45, 7) is 2.76. The van der Waals surface area contributed by atoms with Gasteiger partial charge in [0.05, 0.1) is 22.1 Å². The average Bonchev–Trinajstić information content (AvgIpc) is 3.34. The minimum absolute atomic E-state index is 0.183. The minimum Gasteiger partial charge on any atom is -0.310 e. The molecule has 29 heavy (non-hydrogen) atoms. The molecular weight excluding hydrogens is 362 g/mol. The predicted octanol–water partition coefficient (Wildman–Crippen LogP) is 4.65. The first kappa shape index (κ1) is 17.2. The van der Waals surface area contributed by atoms with Crippen molar-refractivity contribution in [1.29, 1.82) is 0 Å². The minimum atomic E-state index is -0.183. The van der Waals surface area contributed by atoms with E-state index in [0.717, 1.165) is 34.3 Å². The molecule has 0 aliphatic rings. The van der Waals surface area contributed by atoms with Gasteiger partial charge in [-0.1, -0.05) is 24.3 Å². The SMILES string of the molecule is CCn1c(NC(=O)c2ccc(-n3cnc4ccccc43)cc2)nc2ccccc21. The van der Waals surface area contributed by atoms with Crippen LogP contribution in [0.25, 0.3) is 27.8 Å². The molecular formula is C23H19N5O. The van der Waals surface area contributed by atoms with Gasteiger partial charge in [0, 0.05) is 17.8 Å². The van der Waals surface area contributed by atoms with Crippen LogP contribution in [0.4, 0.5) is 5.95 Å². The highest BCUT2D eigenvalue weighted by Crippen LogP contribution is 2.21. The molecule has 2 heterocycles. The van der Waals surface area contributed by atoms with Crippen LogP contribution in [0.5, 0.6) is 0 Å². The largest absolute Gasteiger partial charge is 0.310 e. The Morgan fingerprint density at radius 1 is 0.897 bits per heavy atom. The summed E-state index contributed by atoms with van der Waals surface area (Å²) in [7, 11) is 0. The van der Waals surface area contributed by atoms with Crippen LogP contribution in [-0.2, 0) is 6.54 Å². The van der Waals surface area contributed by atoms with Gasteiger partial charge in [0.25, 0.3) is 5.91 Å². The van der Waals surface area contributed by atoms with Crippen molar-refractivity contribution in [1.82, 2.24) is 19.1 Å². The lowest BCUT2D eigenvalue weighted by Gasteiger charge is -2.09. The van der Waals surface area contributed by atoms with Crippen molar-refractivity contribution < 1.29 is 4.79 Å². The van der Waals surface area contributed by atoms with Crippen molar-refractivity contribution in [3.8, 4) is 5.69 Å². The molecule has 2 aromatic heterocycles. The quantitative estimate of drug-likeness (QED) is 0.493. The van der Waals surface area contributed by atoms with Gasteiger partial charge >= 0.3 is 0 Å². The summed E-state index contributed by atoms with van der Waals surface area (Å²) in [5.41, 5.74) is 5.37. The number of imidazole rings is 2. The number of aromatic nitrogens is 4. The predicted molar refractivity (Wildman–Crippen MR) is 114 cm³/mol. The molecule has 5 rings (SSSR count). The molecule has 5 aromatic rings. The third-order valence-electron chi connectivity index (χ3n) is 5.06. The zero-order valence-corrected chi connectivity index (χ0v) is 15.9. The van der Waals surface area contributed by atoms with E-state index in [1.807, 2.05) is 88.9 Å². The topological polar surface area (TPSA) is 64.7 Å². The molecule has 0 spiro atoms. The molecule has 0 saturated heterocycles. The van der Waals surface area contributed by atoms with Gasteiger partial charge < -0.3 is 4.57 Å². The lowest BCUT2D eigenvalue weighted by molar-refractivity contribution is 0.102. The van der Waals surface area contributed by atoms with Gasteiger partial charge in [-0.3, -0.25) is 14.7 Å². The van der Waals surface area contributed by atoms with Crippen LogP contribution in [0, 0.1) is 0 Å². The fourth-order valence-electron chi connectivity index (χ4n) is 3.60. The van der Waals surface area contributed by atoms with Crippen LogP contribution in [0.1, 0.15) is 17.3 Å². The van der Waals surface area contributed by atoms with E-state index in [2.05, 4.69) is 15.3 Å². The highest BCUT2D eigenvalue weighted by molar-refractivity contribution is 6.04. The Kier molecular flexibility index (Phi) is 4.09. The molecule has 0 saturated carbocycles. The molecule has 1 N–H and O–H groups in total. The van der Waals surface area contributed by atoms with Crippen LogP contribution < -0.4 is 5.32 Å². The molecule has 6 nitrogen and oxygen atoms in total. The fourth-order valence-corrected chi connectivity index (χ4v) is 3.60. The Morgan fingerprint density at radius 2 is 1.59 bits per heavy atom. The Morgan fingerprint density at radius 3 is 2.34 bits per heavy atom. The lowest BCUT2D eigenvalue weighted by atomic mass is 10.2. The number of hydrogen-bond acceptors (Lipinski definition) is 3. The first-order valence-corrected chi connectivity index (χ1v) is 9.54. The van der Waals surface area contributed by atoms with Crippen LogP contribution in [-0.4, -0.2) is 25.0 Å². The first-order chi connectivity index (χ1) is 14.2. The van der Waals surface area contributed by atoms with E-state index < -0.39 is 0 Å². The van der Waals surface area contributed by atoms with Crippen molar-refractivity contribution >= 4 is 33.9 Å². The maximum Gasteiger partial charge on any atom is 0.257 e. The average molecular weight is 381 g/mol. The number of nitrogens with one attached hydrogen (secondary N) is 1. The van der Waals surface area contributed by atoms with E-state index in [1.54, 1.807) is 6.33 Å². The molecule has 0 fully saturated rings. The van der Waals surface area contributed by atoms with E-state index in [4.69, 9.17) is 0 Å². The van der Waals surface area contributed by atoms with Gasteiger partial charge in [0.2, 0.25) is 5.95 Å². The van der Waals surface area contributed by atoms with E-state index in [-0.39, 0.29) is 5.91 Å². The number of amides is 1. The third kappa shape index (κ3) is 2.95. The number of rotatable bonds is 4. The van der Waals surface area contributed by atoms with Crippen molar-refractivity contribution in [2.24, 2.45) is 0 Å². The highest BCUT2D eigenvalue weighted by Gasteiger charge is 2.14. The fraction of sp³-hybridized carbons (Fsp3) is 0.0870. The summed E-state index contributed by atoms with van der Waals surface area (Å²) in [4.78, 5) is 21.8. The standard InChI is InChI=1S/C23H19N5O/c1-2-27-21-10-6-4-8-19(21)25-23(27)26-22(29)16-11-13-17(14-12-16)28-15-24-18-7-3-5-9-20(18)28/h3-15H,2H2,1H3,(H,25,26,29). The van der Waals surface area contributed by atoms with E-state index in [1.165, 1.54) is 0 Å². The number of hydrogen-bond donors (Lipinski definition) is 1. The monoisotopic (exact) mass is 381 g/mol. The summed E-state index contributed by atoms with van der Waals surface area (Å²) in [5, 5.41) is 2.94. The van der Waals surface area contributed by atoms with E-state index >= 15 is 0 Å². The molecule has 0 atom stereocenters. The lowest BCUT2D eigenvalue weighted by Crippen LogP contribution is -2.15. The van der Waals surface area contributed by atoms with Gasteiger partial charge in [0.1, 0.15) is 6.33 Å². The van der Waals surface area contributed by atoms with Crippen LogP contribution >= 0.6 is 0 Å². The normalized spacial score (nSPS) is 11.2. The van der Waals surface area contributed by atoms with Crippen molar-refractivity contribution in [2.45, 2.75) is 13.5 Å². The Hall–Kier alpha value is -3.93. The molecule has 0 aliphatic heterocycles. The summed E-state index contributed by atoms with van der Waals surface area (Å²) >= 11 is 0. The zero-order chi connectivity index (χ0) is 19.8. The second kappa shape index (κ2) is 6.91. The van der Waals surface area contributed by atoms with Crippen LogP contribution in [0.15, 0.2) is 79.1 Å². The first-order valence-electron chi connectivity index (χ1n) is 9.54. The highest BCUT2D eigenvalue weighted by atomic mass is 16.1. The molecule has 6 heteroatoms. The second-order valence-electron chi connectivity index (χ2n) is 6.77. The van der Waals surface area contributed by atoms with Gasteiger partial charge in [-0.2, -0.15) is 0 Å². The van der Waals surface area contributed by atoms with E-state index in [0.29, 0.717) is 11.5 Å². The van der Waals surface area contributed by atoms with Gasteiger partial charge in [-0.15, -0.1) is 0 Å². The summed E-state index contributed by atoms with van der Waals surface area (Å²) < 4.78 is 4.01. The number of aryl methyl sites for hydroxylation is 1. The number of para-hydroxylation sites is 4. The Bertz CT molecular complexity index is 1330. The molecule has 0 radical (unpaired) electrons. The maximum absolute atomic E-state index is 12.8. The van der Waals surface area contributed by atoms with Crippen molar-refractivity contribution in [2.75, 3.05) is 5.32 Å². The summed E-state index contributed by atoms with van der Waals surface area (Å²) in [5.74, 6) is 0.375. The zero-order valence-electron chi connectivity index (χ0n) is 15.9. The summed E-state index contributed by atoms with van der Waals surface area (Å²) in [6, 6.07) is 23.3. The summed E-state index contributed by atoms with van der Waals surface area (Å²) in [6.07, 6.45) is 1.79. The van der Waals surface area contributed by atoms with Crippen LogP contribution in [0.2, 0.25) is 0 Å². The number of carbonyl (C=O) groups excluding carboxylic acids is 1. The number of anilines is 1. The molecule has 3 aromatic carbocycles. The third-order valence-corrected chi connectivity index (χ3v) is 5.06. The van der Waals surface area contributed by atoms with Crippen LogP contribution in [0.3, 0.4) is 0 Å². The van der Waals surface area contributed by atoms with Gasteiger partial charge in [0.15, 0.2) is 0 Å². The number of fused-ring (bicyclic) bond motifs is 2. The van der Waals surface area contributed by atoms with E-state index in [9.17, 15) is 4.79 Å². The molecule has 0 aliphatic carbocycles. The smallest absolute Gasteiger partial charge is 0.257 e. The molecule has 1 amide bonds. The number of benzene rings is 3. The molecule has 0 unspecified atom stereocenters. The van der Waals surface area contributed by atoms with Crippen molar-refractivity contribution in [3.63, 3.8) is 0 Å². The Balaban J connectivity index is 1.43.